The molecule has 0 saturated carbocycles. The van der Waals surface area contributed by atoms with Crippen LogP contribution < -0.4 is 10.9 Å². The smallest absolute Gasteiger partial charge is 0.359 e. The van der Waals surface area contributed by atoms with E-state index in [-0.39, 0.29) is 23.6 Å². The summed E-state index contributed by atoms with van der Waals surface area (Å²) >= 11 is 7.13. The first-order valence-corrected chi connectivity index (χ1v) is 12.0. The Bertz CT molecular complexity index is 1660. The molecule has 2 heterocycles. The summed E-state index contributed by atoms with van der Waals surface area (Å²) in [6.45, 7) is 1.84. The molecule has 0 saturated heterocycles. The van der Waals surface area contributed by atoms with Gasteiger partial charge in [-0.2, -0.15) is 9.78 Å². The summed E-state index contributed by atoms with van der Waals surface area (Å²) in [7, 11) is 0. The second kappa shape index (κ2) is 9.32. The van der Waals surface area contributed by atoms with Crippen LogP contribution in [0.5, 0.6) is 0 Å². The van der Waals surface area contributed by atoms with Crippen LogP contribution in [0.4, 0.5) is 5.00 Å². The van der Waals surface area contributed by atoms with Crippen molar-refractivity contribution < 1.29 is 14.3 Å². The van der Waals surface area contributed by atoms with Crippen molar-refractivity contribution in [3.63, 3.8) is 0 Å². The molecule has 7 nitrogen and oxygen atoms in total. The number of rotatable bonds is 5. The lowest BCUT2D eigenvalue weighted by Gasteiger charge is -2.10. The molecular formula is C26H18ClN3O4S. The van der Waals surface area contributed by atoms with Crippen LogP contribution in [-0.4, -0.2) is 28.3 Å². The van der Waals surface area contributed by atoms with Gasteiger partial charge in [0.05, 0.1) is 17.7 Å². The minimum Gasteiger partial charge on any atom is -0.461 e. The topological polar surface area (TPSA) is 90.3 Å². The Hall–Kier alpha value is -4.01. The van der Waals surface area contributed by atoms with Crippen molar-refractivity contribution in [3.8, 4) is 5.69 Å². The van der Waals surface area contributed by atoms with Crippen LogP contribution in [0.1, 0.15) is 27.8 Å². The SMILES string of the molecule is CCOC(=O)c1nn(-c2ccc(Cl)cc2)c(=O)c2c(NC(=O)c3ccc4ccccc4c3)scc12. The van der Waals surface area contributed by atoms with Crippen molar-refractivity contribution in [1.29, 1.82) is 0 Å². The van der Waals surface area contributed by atoms with Gasteiger partial charge >= 0.3 is 5.97 Å². The average molecular weight is 504 g/mol. The first kappa shape index (κ1) is 22.8. The van der Waals surface area contributed by atoms with Crippen LogP contribution >= 0.6 is 22.9 Å². The van der Waals surface area contributed by atoms with Gasteiger partial charge < -0.3 is 10.1 Å². The molecule has 5 rings (SSSR count). The van der Waals surface area contributed by atoms with Gasteiger partial charge in [-0.05, 0) is 54.1 Å². The summed E-state index contributed by atoms with van der Waals surface area (Å²) in [6, 6.07) is 19.6. The number of hydrogen-bond donors (Lipinski definition) is 1. The molecule has 35 heavy (non-hydrogen) atoms. The van der Waals surface area contributed by atoms with Crippen LogP contribution in [0.15, 0.2) is 76.9 Å². The predicted molar refractivity (Wildman–Crippen MR) is 138 cm³/mol. The zero-order valence-corrected chi connectivity index (χ0v) is 20.0. The molecule has 0 bridgehead atoms. The highest BCUT2D eigenvalue weighted by atomic mass is 35.5. The van der Waals surface area contributed by atoms with Gasteiger partial charge in [-0.15, -0.1) is 11.3 Å². The highest BCUT2D eigenvalue weighted by Crippen LogP contribution is 2.31. The average Bonchev–Trinajstić information content (AvgIpc) is 3.29. The first-order chi connectivity index (χ1) is 17.0. The van der Waals surface area contributed by atoms with Crippen LogP contribution in [0.25, 0.3) is 27.2 Å². The standard InChI is InChI=1S/C26H18ClN3O4S/c1-2-34-26(33)22-20-14-35-24(21(20)25(32)30(29-22)19-11-9-18(27)10-12-19)28-23(31)17-8-7-15-5-3-4-6-16(15)13-17/h3-14H,2H2,1H3,(H,28,31). The number of nitrogens with one attached hydrogen (secondary N) is 1. The molecule has 0 aliphatic carbocycles. The second-order valence-electron chi connectivity index (χ2n) is 7.63. The summed E-state index contributed by atoms with van der Waals surface area (Å²) < 4.78 is 6.28. The number of benzene rings is 3. The van der Waals surface area contributed by atoms with E-state index in [1.54, 1.807) is 48.7 Å². The van der Waals surface area contributed by atoms with Gasteiger partial charge in [0, 0.05) is 21.4 Å². The second-order valence-corrected chi connectivity index (χ2v) is 8.95. The molecule has 0 spiro atoms. The minimum atomic E-state index is -0.662. The maximum Gasteiger partial charge on any atom is 0.359 e. The maximum absolute atomic E-state index is 13.5. The molecule has 1 amide bonds. The van der Waals surface area contributed by atoms with E-state index in [9.17, 15) is 14.4 Å². The molecule has 5 aromatic rings. The van der Waals surface area contributed by atoms with Crippen LogP contribution in [-0.2, 0) is 4.74 Å². The monoisotopic (exact) mass is 503 g/mol. The largest absolute Gasteiger partial charge is 0.461 e. The molecular weight excluding hydrogens is 486 g/mol. The van der Waals surface area contributed by atoms with Gasteiger partial charge in [0.2, 0.25) is 0 Å². The first-order valence-electron chi connectivity index (χ1n) is 10.7. The Labute approximate surface area is 208 Å². The lowest BCUT2D eigenvalue weighted by atomic mass is 10.1. The van der Waals surface area contributed by atoms with Crippen molar-refractivity contribution >= 4 is 61.4 Å². The third-order valence-electron chi connectivity index (χ3n) is 5.43. The highest BCUT2D eigenvalue weighted by Gasteiger charge is 2.23. The highest BCUT2D eigenvalue weighted by molar-refractivity contribution is 7.16. The van der Waals surface area contributed by atoms with Gasteiger partial charge in [0.25, 0.3) is 11.5 Å². The number of halogens is 1. The van der Waals surface area contributed by atoms with E-state index in [0.29, 0.717) is 26.7 Å². The molecule has 0 aliphatic heterocycles. The number of carbonyl (C=O) groups excluding carboxylic acids is 2. The number of fused-ring (bicyclic) bond motifs is 2. The molecule has 0 unspecified atom stereocenters. The van der Waals surface area contributed by atoms with Crippen molar-refractivity contribution in [1.82, 2.24) is 9.78 Å². The van der Waals surface area contributed by atoms with Gasteiger partial charge in [-0.1, -0.05) is 41.9 Å². The molecule has 174 valence electrons. The summed E-state index contributed by atoms with van der Waals surface area (Å²) in [5, 5.41) is 12.0. The lowest BCUT2D eigenvalue weighted by Crippen LogP contribution is -2.25. The Balaban J connectivity index is 1.62. The normalized spacial score (nSPS) is 11.0. The summed E-state index contributed by atoms with van der Waals surface area (Å²) in [6.07, 6.45) is 0. The summed E-state index contributed by atoms with van der Waals surface area (Å²) in [4.78, 5) is 39.3. The van der Waals surface area contributed by atoms with Gasteiger partial charge in [0.15, 0.2) is 5.69 Å². The number of amides is 1. The quantitative estimate of drug-likeness (QED) is 0.311. The predicted octanol–water partition coefficient (Wildman–Crippen LogP) is 5.68. The maximum atomic E-state index is 13.5. The molecule has 0 atom stereocenters. The Morgan fingerprint density at radius 1 is 1.06 bits per heavy atom. The van der Waals surface area contributed by atoms with Gasteiger partial charge in [-0.3, -0.25) is 9.59 Å². The van der Waals surface area contributed by atoms with Crippen molar-refractivity contribution in [2.75, 3.05) is 11.9 Å². The van der Waals surface area contributed by atoms with Gasteiger partial charge in [-0.25, -0.2) is 4.79 Å². The molecule has 2 aromatic heterocycles. The number of esters is 1. The van der Waals surface area contributed by atoms with E-state index in [4.69, 9.17) is 16.3 Å². The van der Waals surface area contributed by atoms with E-state index < -0.39 is 11.5 Å². The number of anilines is 1. The number of thiophene rings is 1. The Kier molecular flexibility index (Phi) is 6.07. The lowest BCUT2D eigenvalue weighted by molar-refractivity contribution is 0.0520. The molecule has 9 heteroatoms. The molecule has 0 aliphatic rings. The fraction of sp³-hybridized carbons (Fsp3) is 0.0769. The van der Waals surface area contributed by atoms with Crippen molar-refractivity contribution in [3.05, 3.63) is 98.7 Å². The Morgan fingerprint density at radius 3 is 2.54 bits per heavy atom. The number of carbonyl (C=O) groups is 2. The fourth-order valence-corrected chi connectivity index (χ4v) is 4.81. The third kappa shape index (κ3) is 4.29. The van der Waals surface area contributed by atoms with Crippen LogP contribution in [0, 0.1) is 0 Å². The van der Waals surface area contributed by atoms with Crippen molar-refractivity contribution in [2.45, 2.75) is 6.92 Å². The number of ether oxygens (including phenoxy) is 1. The van der Waals surface area contributed by atoms with Gasteiger partial charge in [0.1, 0.15) is 5.00 Å². The van der Waals surface area contributed by atoms with E-state index >= 15 is 0 Å². The third-order valence-corrected chi connectivity index (χ3v) is 6.58. The van der Waals surface area contributed by atoms with E-state index in [1.807, 2.05) is 30.3 Å². The molecule has 0 radical (unpaired) electrons. The number of nitrogens with zero attached hydrogens (tertiary/aromatic N) is 2. The van der Waals surface area contributed by atoms with E-state index in [1.165, 1.54) is 0 Å². The van der Waals surface area contributed by atoms with E-state index in [0.717, 1.165) is 26.8 Å². The molecule has 3 aromatic carbocycles. The van der Waals surface area contributed by atoms with Crippen LogP contribution in [0.3, 0.4) is 0 Å². The van der Waals surface area contributed by atoms with Crippen molar-refractivity contribution in [2.24, 2.45) is 0 Å². The molecule has 0 fully saturated rings. The number of aromatic nitrogens is 2. The van der Waals surface area contributed by atoms with E-state index in [2.05, 4.69) is 10.4 Å². The van der Waals surface area contributed by atoms with Crippen LogP contribution in [0.2, 0.25) is 5.02 Å². The fourth-order valence-electron chi connectivity index (χ4n) is 3.76. The zero-order valence-electron chi connectivity index (χ0n) is 18.4. The number of hydrogen-bond acceptors (Lipinski definition) is 6. The summed E-state index contributed by atoms with van der Waals surface area (Å²) in [5.41, 5.74) is 0.372. The Morgan fingerprint density at radius 2 is 1.80 bits per heavy atom. The molecule has 1 N–H and O–H groups in total. The minimum absolute atomic E-state index is 0.0149. The zero-order chi connectivity index (χ0) is 24.5. The summed E-state index contributed by atoms with van der Waals surface area (Å²) in [5.74, 6) is -1.03.